The number of aromatic amines is 2. The number of imidazole rings is 1. The molecule has 0 bridgehead atoms. The Morgan fingerprint density at radius 3 is 2.33 bits per heavy atom. The van der Waals surface area contributed by atoms with Crippen LogP contribution < -0.4 is 27.4 Å². The number of H-pyrrole nitrogens is 2. The van der Waals surface area contributed by atoms with E-state index in [4.69, 9.17) is 16.6 Å². The first kappa shape index (κ1) is 28.8. The van der Waals surface area contributed by atoms with E-state index in [2.05, 4.69) is 30.9 Å². The van der Waals surface area contributed by atoms with Gasteiger partial charge in [0.15, 0.2) is 0 Å². The van der Waals surface area contributed by atoms with E-state index in [1.807, 2.05) is 24.3 Å². The van der Waals surface area contributed by atoms with Crippen LogP contribution in [0.4, 0.5) is 0 Å². The van der Waals surface area contributed by atoms with Gasteiger partial charge in [-0.15, -0.1) is 0 Å². The standard InChI is InChI=1S/C25H32N8O6/c1-13(25(38)39)31-24(37)20(9-15-11-28-12-30-15)33-23(36)19(6-7-21(27)34)32-22(35)17(26)8-14-10-29-18-5-3-2-4-16(14)18/h2-5,10-13,17,19-20,29H,6-9,26H2,1H3,(H2,27,34)(H,28,30)(H,31,37)(H,32,35)(H,33,36)(H,38,39). The number of carboxylic acid groups (broad SMARTS) is 1. The van der Waals surface area contributed by atoms with Crippen LogP contribution in [0.25, 0.3) is 10.9 Å². The number of carboxylic acids is 1. The van der Waals surface area contributed by atoms with Gasteiger partial charge < -0.3 is 42.5 Å². The minimum atomic E-state index is -1.26. The average molecular weight is 541 g/mol. The Labute approximate surface area is 223 Å². The highest BCUT2D eigenvalue weighted by atomic mass is 16.4. The number of nitrogens with two attached hydrogens (primary N) is 2. The predicted octanol–water partition coefficient (Wildman–Crippen LogP) is -1.17. The van der Waals surface area contributed by atoms with E-state index in [9.17, 15) is 24.0 Å². The minimum Gasteiger partial charge on any atom is -0.480 e. The lowest BCUT2D eigenvalue weighted by Crippen LogP contribution is -2.57. The fraction of sp³-hybridized carbons (Fsp3) is 0.360. The molecule has 0 saturated heterocycles. The molecule has 2 aromatic heterocycles. The molecule has 0 radical (unpaired) electrons. The molecule has 0 aliphatic carbocycles. The molecule has 3 aromatic rings. The lowest BCUT2D eigenvalue weighted by atomic mass is 10.0. The number of hydrogen-bond acceptors (Lipinski definition) is 7. The molecule has 1 aromatic carbocycles. The normalized spacial score (nSPS) is 14.1. The largest absolute Gasteiger partial charge is 0.480 e. The highest BCUT2D eigenvalue weighted by Gasteiger charge is 2.30. The van der Waals surface area contributed by atoms with Crippen LogP contribution in [-0.2, 0) is 36.8 Å². The van der Waals surface area contributed by atoms with E-state index in [0.717, 1.165) is 16.5 Å². The van der Waals surface area contributed by atoms with Gasteiger partial charge in [-0.05, 0) is 31.4 Å². The number of para-hydroxylation sites is 1. The zero-order valence-corrected chi connectivity index (χ0v) is 21.3. The first-order chi connectivity index (χ1) is 18.5. The van der Waals surface area contributed by atoms with Crippen molar-refractivity contribution in [3.63, 3.8) is 0 Å². The fourth-order valence-corrected chi connectivity index (χ4v) is 3.94. The summed E-state index contributed by atoms with van der Waals surface area (Å²) >= 11 is 0. The molecule has 0 aliphatic rings. The van der Waals surface area contributed by atoms with Crippen molar-refractivity contribution in [1.29, 1.82) is 0 Å². The second-order valence-electron chi connectivity index (χ2n) is 9.15. The molecule has 39 heavy (non-hydrogen) atoms. The number of benzene rings is 1. The summed E-state index contributed by atoms with van der Waals surface area (Å²) in [4.78, 5) is 71.4. The quantitative estimate of drug-likeness (QED) is 0.124. The Morgan fingerprint density at radius 2 is 1.67 bits per heavy atom. The van der Waals surface area contributed by atoms with E-state index in [-0.39, 0.29) is 25.7 Å². The van der Waals surface area contributed by atoms with Gasteiger partial charge in [0.1, 0.15) is 18.1 Å². The topological polar surface area (TPSA) is 238 Å². The van der Waals surface area contributed by atoms with Gasteiger partial charge in [0.2, 0.25) is 23.6 Å². The number of aromatic nitrogens is 3. The Bertz CT molecular complexity index is 1320. The zero-order valence-electron chi connectivity index (χ0n) is 21.3. The Kier molecular flexibility index (Phi) is 9.75. The summed E-state index contributed by atoms with van der Waals surface area (Å²) in [6.45, 7) is 1.28. The summed E-state index contributed by atoms with van der Waals surface area (Å²) in [5, 5.41) is 17.4. The van der Waals surface area contributed by atoms with Gasteiger partial charge in [0.25, 0.3) is 0 Å². The van der Waals surface area contributed by atoms with E-state index in [1.54, 1.807) is 6.20 Å². The number of aliphatic carboxylic acids is 1. The SMILES string of the molecule is CC(NC(=O)C(Cc1cnc[nH]1)NC(=O)C(CCC(N)=O)NC(=O)C(N)Cc1c[nH]c2ccccc12)C(=O)O. The first-order valence-corrected chi connectivity index (χ1v) is 12.2. The number of carbonyl (C=O) groups is 5. The van der Waals surface area contributed by atoms with E-state index in [0.29, 0.717) is 5.69 Å². The number of carbonyl (C=O) groups excluding carboxylic acids is 4. The Hall–Kier alpha value is -4.72. The van der Waals surface area contributed by atoms with Gasteiger partial charge in [-0.25, -0.2) is 4.98 Å². The van der Waals surface area contributed by atoms with Crippen molar-refractivity contribution in [2.45, 2.75) is 56.8 Å². The average Bonchev–Trinajstić information content (AvgIpc) is 3.55. The van der Waals surface area contributed by atoms with Crippen molar-refractivity contribution in [3.8, 4) is 0 Å². The van der Waals surface area contributed by atoms with Gasteiger partial charge in [-0.2, -0.15) is 0 Å². The van der Waals surface area contributed by atoms with Crippen molar-refractivity contribution in [2.24, 2.45) is 11.5 Å². The molecule has 4 atom stereocenters. The van der Waals surface area contributed by atoms with Crippen LogP contribution in [-0.4, -0.2) is 73.8 Å². The summed E-state index contributed by atoms with van der Waals surface area (Å²) in [7, 11) is 0. The van der Waals surface area contributed by atoms with Crippen molar-refractivity contribution >= 4 is 40.5 Å². The van der Waals surface area contributed by atoms with Crippen molar-refractivity contribution in [3.05, 3.63) is 54.2 Å². The number of primary amides is 1. The summed E-state index contributed by atoms with van der Waals surface area (Å²) < 4.78 is 0. The van der Waals surface area contributed by atoms with Crippen LogP contribution in [0.3, 0.4) is 0 Å². The van der Waals surface area contributed by atoms with E-state index in [1.165, 1.54) is 19.4 Å². The number of nitrogens with zero attached hydrogens (tertiary/aromatic N) is 1. The highest BCUT2D eigenvalue weighted by molar-refractivity contribution is 5.94. The molecule has 0 fully saturated rings. The monoisotopic (exact) mass is 540 g/mol. The summed E-state index contributed by atoms with van der Waals surface area (Å²) in [5.41, 5.74) is 13.6. The number of nitrogens with one attached hydrogen (secondary N) is 5. The smallest absolute Gasteiger partial charge is 0.325 e. The van der Waals surface area contributed by atoms with Crippen molar-refractivity contribution in [2.75, 3.05) is 0 Å². The minimum absolute atomic E-state index is 0.0412. The molecule has 4 amide bonds. The molecule has 14 heteroatoms. The summed E-state index contributed by atoms with van der Waals surface area (Å²) in [6.07, 6.45) is 4.37. The molecule has 3 rings (SSSR count). The van der Waals surface area contributed by atoms with E-state index < -0.39 is 53.8 Å². The maximum atomic E-state index is 13.2. The number of hydrogen-bond donors (Lipinski definition) is 8. The molecular formula is C25H32N8O6. The van der Waals surface area contributed by atoms with Crippen LogP contribution in [0.1, 0.15) is 31.0 Å². The lowest BCUT2D eigenvalue weighted by molar-refractivity contribution is -0.141. The van der Waals surface area contributed by atoms with Gasteiger partial charge in [0, 0.05) is 41.8 Å². The second-order valence-corrected chi connectivity index (χ2v) is 9.15. The third-order valence-electron chi connectivity index (χ3n) is 6.10. The number of amides is 4. The summed E-state index contributed by atoms with van der Waals surface area (Å²) in [5.74, 6) is -4.12. The van der Waals surface area contributed by atoms with Gasteiger partial charge >= 0.3 is 5.97 Å². The first-order valence-electron chi connectivity index (χ1n) is 12.2. The number of fused-ring (bicyclic) bond motifs is 1. The van der Waals surface area contributed by atoms with Crippen LogP contribution in [0.2, 0.25) is 0 Å². The Morgan fingerprint density at radius 1 is 0.974 bits per heavy atom. The third-order valence-corrected chi connectivity index (χ3v) is 6.10. The molecule has 0 saturated carbocycles. The molecular weight excluding hydrogens is 508 g/mol. The fourth-order valence-electron chi connectivity index (χ4n) is 3.94. The van der Waals surface area contributed by atoms with Gasteiger partial charge in [-0.1, -0.05) is 18.2 Å². The van der Waals surface area contributed by atoms with Crippen LogP contribution in [0.5, 0.6) is 0 Å². The van der Waals surface area contributed by atoms with Crippen molar-refractivity contribution < 1.29 is 29.1 Å². The molecule has 10 N–H and O–H groups in total. The van der Waals surface area contributed by atoms with E-state index >= 15 is 0 Å². The molecule has 4 unspecified atom stereocenters. The summed E-state index contributed by atoms with van der Waals surface area (Å²) in [6, 6.07) is 2.83. The lowest BCUT2D eigenvalue weighted by Gasteiger charge is -2.24. The van der Waals surface area contributed by atoms with Crippen molar-refractivity contribution in [1.82, 2.24) is 30.9 Å². The van der Waals surface area contributed by atoms with Crippen LogP contribution >= 0.6 is 0 Å². The third kappa shape index (κ3) is 8.13. The number of rotatable bonds is 14. The maximum absolute atomic E-state index is 13.2. The Balaban J connectivity index is 1.72. The second kappa shape index (κ2) is 13.2. The predicted molar refractivity (Wildman–Crippen MR) is 140 cm³/mol. The molecule has 0 aliphatic heterocycles. The van der Waals surface area contributed by atoms with Gasteiger partial charge in [-0.3, -0.25) is 24.0 Å². The van der Waals surface area contributed by atoms with Crippen LogP contribution in [0.15, 0.2) is 43.0 Å². The molecule has 208 valence electrons. The molecule has 0 spiro atoms. The zero-order chi connectivity index (χ0) is 28.5. The molecule has 2 heterocycles. The maximum Gasteiger partial charge on any atom is 0.325 e. The highest BCUT2D eigenvalue weighted by Crippen LogP contribution is 2.19. The molecule has 14 nitrogen and oxygen atoms in total. The van der Waals surface area contributed by atoms with Gasteiger partial charge in [0.05, 0.1) is 12.4 Å². The van der Waals surface area contributed by atoms with Crippen LogP contribution in [0, 0.1) is 0 Å².